The van der Waals surface area contributed by atoms with Crippen LogP contribution in [0.3, 0.4) is 0 Å². The van der Waals surface area contributed by atoms with Crippen molar-refractivity contribution in [2.75, 3.05) is 20.2 Å². The van der Waals surface area contributed by atoms with E-state index in [2.05, 4.69) is 15.5 Å². The zero-order valence-corrected chi connectivity index (χ0v) is 14.9. The van der Waals surface area contributed by atoms with Crippen molar-refractivity contribution in [3.8, 4) is 5.75 Å². The largest absolute Gasteiger partial charge is 0.496 e. The highest BCUT2D eigenvalue weighted by Gasteiger charge is 2.28. The number of hydrogen-bond donors (Lipinski definition) is 1. The molecule has 0 saturated carbocycles. The Morgan fingerprint density at radius 2 is 2.04 bits per heavy atom. The Hall–Kier alpha value is -2.90. The molecular weight excluding hydrogens is 336 g/mol. The first-order chi connectivity index (χ1) is 12.6. The van der Waals surface area contributed by atoms with E-state index in [1.54, 1.807) is 31.1 Å². The lowest BCUT2D eigenvalue weighted by atomic mass is 9.95. The number of nitrogens with zero attached hydrogens (tertiary/aromatic N) is 3. The van der Waals surface area contributed by atoms with E-state index in [1.807, 2.05) is 12.1 Å². The molecule has 0 aliphatic carbocycles. The number of carbonyl (C=O) groups is 2. The Kier molecular flexibility index (Phi) is 5.50. The van der Waals surface area contributed by atoms with Crippen LogP contribution in [0, 0.1) is 12.8 Å². The molecule has 26 heavy (non-hydrogen) atoms. The number of aryl methyl sites for hydroxylation is 1. The number of hydrogen-bond acceptors (Lipinski definition) is 6. The Bertz CT molecular complexity index is 781. The van der Waals surface area contributed by atoms with E-state index in [9.17, 15) is 9.59 Å². The molecule has 1 aromatic heterocycles. The van der Waals surface area contributed by atoms with Crippen molar-refractivity contribution < 1.29 is 18.8 Å². The van der Waals surface area contributed by atoms with Crippen molar-refractivity contribution in [1.29, 1.82) is 0 Å². The maximum absolute atomic E-state index is 12.7. The summed E-state index contributed by atoms with van der Waals surface area (Å²) < 4.78 is 10.2. The molecule has 0 radical (unpaired) electrons. The van der Waals surface area contributed by atoms with Crippen LogP contribution in [0.15, 0.2) is 28.8 Å². The van der Waals surface area contributed by atoms with Gasteiger partial charge in [-0.15, -0.1) is 0 Å². The topological polar surface area (TPSA) is 97.6 Å². The van der Waals surface area contributed by atoms with Gasteiger partial charge in [-0.05, 0) is 31.9 Å². The zero-order valence-electron chi connectivity index (χ0n) is 14.9. The molecule has 0 bridgehead atoms. The van der Waals surface area contributed by atoms with Crippen molar-refractivity contribution in [1.82, 2.24) is 20.4 Å². The van der Waals surface area contributed by atoms with Gasteiger partial charge in [-0.25, -0.2) is 0 Å². The van der Waals surface area contributed by atoms with Gasteiger partial charge in [0, 0.05) is 19.0 Å². The number of methoxy groups -OCH3 is 1. The van der Waals surface area contributed by atoms with Gasteiger partial charge in [0.1, 0.15) is 5.75 Å². The molecule has 1 aliphatic heterocycles. The van der Waals surface area contributed by atoms with E-state index in [-0.39, 0.29) is 24.3 Å². The first kappa shape index (κ1) is 17.9. The molecule has 2 amide bonds. The predicted molar refractivity (Wildman–Crippen MR) is 92.5 cm³/mol. The average Bonchev–Trinajstić information content (AvgIpc) is 3.11. The van der Waals surface area contributed by atoms with Crippen LogP contribution in [-0.4, -0.2) is 47.1 Å². The van der Waals surface area contributed by atoms with Crippen LogP contribution in [0.5, 0.6) is 5.75 Å². The summed E-state index contributed by atoms with van der Waals surface area (Å²) in [5.74, 6) is 1.25. The summed E-state index contributed by atoms with van der Waals surface area (Å²) in [7, 11) is 1.55. The third-order valence-corrected chi connectivity index (χ3v) is 4.47. The van der Waals surface area contributed by atoms with Crippen LogP contribution in [0.1, 0.15) is 34.9 Å². The number of nitrogens with one attached hydrogen (secondary N) is 1. The van der Waals surface area contributed by atoms with Crippen molar-refractivity contribution >= 4 is 11.8 Å². The number of amides is 2. The second-order valence-corrected chi connectivity index (χ2v) is 6.22. The van der Waals surface area contributed by atoms with Crippen LogP contribution in [0.2, 0.25) is 0 Å². The van der Waals surface area contributed by atoms with Crippen LogP contribution < -0.4 is 10.1 Å². The summed E-state index contributed by atoms with van der Waals surface area (Å²) in [4.78, 5) is 30.8. The van der Waals surface area contributed by atoms with Gasteiger partial charge >= 0.3 is 0 Å². The van der Waals surface area contributed by atoms with Gasteiger partial charge in [0.2, 0.25) is 11.8 Å². The lowest BCUT2D eigenvalue weighted by Crippen LogP contribution is -2.43. The molecule has 138 valence electrons. The quantitative estimate of drug-likeness (QED) is 0.871. The van der Waals surface area contributed by atoms with Gasteiger partial charge in [-0.2, -0.15) is 4.98 Å². The fourth-order valence-corrected chi connectivity index (χ4v) is 3.06. The first-order valence-electron chi connectivity index (χ1n) is 8.57. The highest BCUT2D eigenvalue weighted by atomic mass is 16.5. The molecule has 3 rings (SSSR count). The molecule has 0 unspecified atom stereocenters. The Morgan fingerprint density at radius 3 is 2.69 bits per heavy atom. The Balaban J connectivity index is 1.52. The molecule has 1 fully saturated rings. The molecule has 0 atom stereocenters. The van der Waals surface area contributed by atoms with E-state index in [1.165, 1.54) is 0 Å². The minimum absolute atomic E-state index is 0.0507. The van der Waals surface area contributed by atoms with Crippen LogP contribution >= 0.6 is 0 Å². The number of likely N-dealkylation sites (tertiary alicyclic amines) is 1. The summed E-state index contributed by atoms with van der Waals surface area (Å²) in [6.45, 7) is 3.02. The third kappa shape index (κ3) is 4.01. The van der Waals surface area contributed by atoms with Gasteiger partial charge in [0.25, 0.3) is 5.91 Å². The van der Waals surface area contributed by atoms with Gasteiger partial charge in [0.15, 0.2) is 5.82 Å². The lowest BCUT2D eigenvalue weighted by molar-refractivity contribution is -0.126. The van der Waals surface area contributed by atoms with E-state index < -0.39 is 0 Å². The summed E-state index contributed by atoms with van der Waals surface area (Å²) in [6, 6.07) is 7.17. The van der Waals surface area contributed by atoms with Crippen LogP contribution in [-0.2, 0) is 11.3 Å². The van der Waals surface area contributed by atoms with Crippen LogP contribution in [0.25, 0.3) is 0 Å². The van der Waals surface area contributed by atoms with Crippen molar-refractivity contribution in [2.24, 2.45) is 5.92 Å². The molecule has 8 heteroatoms. The molecule has 2 heterocycles. The van der Waals surface area contributed by atoms with Crippen LogP contribution in [0.4, 0.5) is 0 Å². The van der Waals surface area contributed by atoms with Gasteiger partial charge in [-0.3, -0.25) is 9.59 Å². The molecular formula is C18H22N4O4. The first-order valence-corrected chi connectivity index (χ1v) is 8.57. The SMILES string of the molecule is COc1ccccc1C(=O)N1CCC(C(=O)NCc2nc(C)no2)CC1. The minimum Gasteiger partial charge on any atom is -0.496 e. The fraction of sp³-hybridized carbons (Fsp3) is 0.444. The lowest BCUT2D eigenvalue weighted by Gasteiger charge is -2.31. The van der Waals surface area contributed by atoms with Crippen molar-refractivity contribution in [2.45, 2.75) is 26.3 Å². The van der Waals surface area contributed by atoms with Crippen molar-refractivity contribution in [3.05, 3.63) is 41.5 Å². The maximum atomic E-state index is 12.7. The number of piperidine rings is 1. The number of aromatic nitrogens is 2. The minimum atomic E-state index is -0.124. The van der Waals surface area contributed by atoms with E-state index >= 15 is 0 Å². The number of benzene rings is 1. The Labute approximate surface area is 151 Å². The van der Waals surface area contributed by atoms with Gasteiger partial charge < -0.3 is 19.5 Å². The Morgan fingerprint density at radius 1 is 1.31 bits per heavy atom. The second kappa shape index (κ2) is 7.99. The monoisotopic (exact) mass is 358 g/mol. The molecule has 0 spiro atoms. The number of carbonyl (C=O) groups excluding carboxylic acids is 2. The molecule has 1 aromatic carbocycles. The number of ether oxygens (including phenoxy) is 1. The number of rotatable bonds is 5. The number of para-hydroxylation sites is 1. The van der Waals surface area contributed by atoms with E-state index in [0.29, 0.717) is 49.0 Å². The molecule has 2 aromatic rings. The highest BCUT2D eigenvalue weighted by Crippen LogP contribution is 2.23. The fourth-order valence-electron chi connectivity index (χ4n) is 3.06. The molecule has 1 aliphatic rings. The summed E-state index contributed by atoms with van der Waals surface area (Å²) in [5.41, 5.74) is 0.546. The normalized spacial score (nSPS) is 14.9. The summed E-state index contributed by atoms with van der Waals surface area (Å²) in [6.07, 6.45) is 1.24. The smallest absolute Gasteiger partial charge is 0.257 e. The molecule has 1 saturated heterocycles. The van der Waals surface area contributed by atoms with E-state index in [4.69, 9.17) is 9.26 Å². The highest BCUT2D eigenvalue weighted by molar-refractivity contribution is 5.97. The summed E-state index contributed by atoms with van der Waals surface area (Å²) in [5, 5.41) is 6.50. The second-order valence-electron chi connectivity index (χ2n) is 6.22. The average molecular weight is 358 g/mol. The van der Waals surface area contributed by atoms with Crippen molar-refractivity contribution in [3.63, 3.8) is 0 Å². The van der Waals surface area contributed by atoms with Gasteiger partial charge in [-0.1, -0.05) is 17.3 Å². The molecule has 8 nitrogen and oxygen atoms in total. The standard InChI is InChI=1S/C18H22N4O4/c1-12-20-16(26-21-12)11-19-17(23)13-7-9-22(10-8-13)18(24)14-5-3-4-6-15(14)25-2/h3-6,13H,7-11H2,1-2H3,(H,19,23). The van der Waals surface area contributed by atoms with Gasteiger partial charge in [0.05, 0.1) is 19.2 Å². The zero-order chi connectivity index (χ0) is 18.5. The van der Waals surface area contributed by atoms with E-state index in [0.717, 1.165) is 0 Å². The maximum Gasteiger partial charge on any atom is 0.257 e. The summed E-state index contributed by atoms with van der Waals surface area (Å²) >= 11 is 0. The molecule has 1 N–H and O–H groups in total. The third-order valence-electron chi connectivity index (χ3n) is 4.47. The predicted octanol–water partition coefficient (Wildman–Crippen LogP) is 1.56.